The molecule has 0 aliphatic carbocycles. The van der Waals surface area contributed by atoms with E-state index in [9.17, 15) is 0 Å². The molecule has 3 heterocycles. The molecule has 0 saturated heterocycles. The molecular weight excluding hydrogens is 1250 g/mol. The maximum absolute atomic E-state index is 2.73. The monoisotopic (exact) mass is 1350 g/mol. The second kappa shape index (κ2) is 25.6. The van der Waals surface area contributed by atoms with Gasteiger partial charge in [0.2, 0.25) is 0 Å². The van der Waals surface area contributed by atoms with Crippen LogP contribution in [0.25, 0.3) is 94.3 Å². The van der Waals surface area contributed by atoms with E-state index in [0.29, 0.717) is 5.92 Å². The zero-order valence-electron chi connectivity index (χ0n) is 63.6. The van der Waals surface area contributed by atoms with Gasteiger partial charge < -0.3 is 14.4 Å². The lowest BCUT2D eigenvalue weighted by Crippen LogP contribution is -2.61. The zero-order chi connectivity index (χ0) is 72.5. The van der Waals surface area contributed by atoms with Crippen molar-refractivity contribution in [3.8, 4) is 72.4 Å². The Labute approximate surface area is 618 Å². The number of aromatic nitrogens is 1. The Hall–Kier alpha value is -10.7. The number of para-hydroxylation sites is 2. The van der Waals surface area contributed by atoms with Gasteiger partial charge in [0, 0.05) is 61.5 Å². The molecule has 0 spiro atoms. The topological polar surface area (TPSA) is 11.4 Å². The third-order valence-corrected chi connectivity index (χ3v) is 22.3. The first-order chi connectivity index (χ1) is 49.8. The van der Waals surface area contributed by atoms with Gasteiger partial charge in [0.1, 0.15) is 0 Å². The SMILES string of the molecule is CC(C)c1ccc(-c2ccc3c(c2)N(c2c(-c4ccccc4)cccc2-c2ccccc2)c2cc(-c4ccc(C(C)(C)C)cc4C(C)(C)C)cc4c2B3c2ccc(-n3c5ccc(C(C)(C)C)cc5c5cc(C(C)(C)C)ccc53)cc2N4c2c(-c3ccccc3)cccc2-c2ccccc2)c(C(C)C)c1. The third-order valence-electron chi connectivity index (χ3n) is 22.3. The second-order valence-electron chi connectivity index (χ2n) is 34.1. The summed E-state index contributed by atoms with van der Waals surface area (Å²) >= 11 is 0. The first-order valence-electron chi connectivity index (χ1n) is 37.7. The Morgan fingerprint density at radius 2 is 0.692 bits per heavy atom. The van der Waals surface area contributed by atoms with E-state index in [-0.39, 0.29) is 34.3 Å². The highest BCUT2D eigenvalue weighted by atomic mass is 15.2. The van der Waals surface area contributed by atoms with Crippen LogP contribution in [0.2, 0.25) is 0 Å². The summed E-state index contributed by atoms with van der Waals surface area (Å²) < 4.78 is 2.57. The van der Waals surface area contributed by atoms with Crippen LogP contribution in [0.3, 0.4) is 0 Å². The lowest BCUT2D eigenvalue weighted by Gasteiger charge is -2.46. The lowest BCUT2D eigenvalue weighted by molar-refractivity contribution is 0.570. The molecule has 1 aromatic heterocycles. The first-order valence-corrected chi connectivity index (χ1v) is 37.7. The minimum Gasteiger partial charge on any atom is -0.310 e. The number of hydrogen-bond donors (Lipinski definition) is 0. The van der Waals surface area contributed by atoms with Crippen molar-refractivity contribution < 1.29 is 0 Å². The molecule has 0 fully saturated rings. The van der Waals surface area contributed by atoms with Crippen LogP contribution in [0.15, 0.2) is 279 Å². The molecule has 0 radical (unpaired) electrons. The Morgan fingerprint density at radius 1 is 0.288 bits per heavy atom. The molecule has 0 amide bonds. The van der Waals surface area contributed by atoms with Crippen molar-refractivity contribution in [1.82, 2.24) is 4.57 Å². The van der Waals surface area contributed by atoms with Gasteiger partial charge >= 0.3 is 0 Å². The standard InChI is InChI=1S/C100H96BN3/c1-63(2)69-43-49-76(82(55-69)64(3)4)70-44-51-86-90(56-70)103(95-78(65-31-21-17-22-32-65)39-29-40-79(95)66-33-23-18-24-34-66)92-57-71(77-50-45-74(99(11,12)13)61-85(77)100(14,15)16)58-93-94(92)101(86)87-52-48-75(102-88-53-46-72(97(5,6)7)59-83(88)84-60-73(98(8,9)10)47-54-89(84)102)62-91(87)104(93)96-80(67-35-25-19-26-36-67)41-30-42-81(96)68-37-27-20-28-38-68/h17-64H,1-16H3. The smallest absolute Gasteiger partial charge is 0.252 e. The average Bonchev–Trinajstić information content (AvgIpc) is 0.834. The molecule has 0 saturated carbocycles. The summed E-state index contributed by atoms with van der Waals surface area (Å²) in [6.07, 6.45) is 0. The Bertz CT molecular complexity index is 5460. The molecule has 0 unspecified atom stereocenters. The second-order valence-corrected chi connectivity index (χ2v) is 34.1. The van der Waals surface area contributed by atoms with Crippen molar-refractivity contribution >= 4 is 79.0 Å². The van der Waals surface area contributed by atoms with Gasteiger partial charge in [0.15, 0.2) is 0 Å². The van der Waals surface area contributed by atoms with E-state index < -0.39 is 0 Å². The zero-order valence-corrected chi connectivity index (χ0v) is 63.6. The molecule has 14 aromatic rings. The summed E-state index contributed by atoms with van der Waals surface area (Å²) in [4.78, 5) is 5.46. The van der Waals surface area contributed by atoms with E-state index in [4.69, 9.17) is 0 Å². The molecule has 104 heavy (non-hydrogen) atoms. The lowest BCUT2D eigenvalue weighted by atomic mass is 9.33. The third kappa shape index (κ3) is 11.8. The molecule has 514 valence electrons. The maximum Gasteiger partial charge on any atom is 0.252 e. The summed E-state index contributed by atoms with van der Waals surface area (Å²) in [5.41, 5.74) is 35.7. The molecule has 13 aromatic carbocycles. The summed E-state index contributed by atoms with van der Waals surface area (Å²) in [6.45, 7) is 37.4. The molecule has 2 aliphatic heterocycles. The van der Waals surface area contributed by atoms with E-state index >= 15 is 0 Å². The van der Waals surface area contributed by atoms with Crippen LogP contribution in [0.1, 0.15) is 156 Å². The van der Waals surface area contributed by atoms with Gasteiger partial charge in [-0.05, 0) is 182 Å². The van der Waals surface area contributed by atoms with E-state index in [0.717, 1.165) is 89.9 Å². The van der Waals surface area contributed by atoms with E-state index in [1.54, 1.807) is 0 Å². The summed E-state index contributed by atoms with van der Waals surface area (Å²) in [5.74, 6) is 0.676. The molecule has 0 N–H and O–H groups in total. The number of fused-ring (bicyclic) bond motifs is 7. The van der Waals surface area contributed by atoms with Gasteiger partial charge in [-0.25, -0.2) is 0 Å². The summed E-state index contributed by atoms with van der Waals surface area (Å²) in [7, 11) is 0. The van der Waals surface area contributed by atoms with Crippen molar-refractivity contribution in [2.45, 2.75) is 144 Å². The maximum atomic E-state index is 2.73. The van der Waals surface area contributed by atoms with Crippen molar-refractivity contribution in [2.75, 3.05) is 9.80 Å². The number of rotatable bonds is 11. The van der Waals surface area contributed by atoms with E-state index in [2.05, 4.69) is 404 Å². The van der Waals surface area contributed by atoms with Crippen molar-refractivity contribution in [3.05, 3.63) is 312 Å². The number of anilines is 6. The molecule has 0 atom stereocenters. The van der Waals surface area contributed by atoms with Crippen LogP contribution < -0.4 is 26.2 Å². The van der Waals surface area contributed by atoms with Crippen molar-refractivity contribution in [1.29, 1.82) is 0 Å². The fraction of sp³-hybridized carbons (Fsp3) is 0.220. The Balaban J connectivity index is 1.11. The number of nitrogens with zero attached hydrogens (tertiary/aromatic N) is 3. The van der Waals surface area contributed by atoms with Crippen LogP contribution in [-0.2, 0) is 21.7 Å². The van der Waals surface area contributed by atoms with Gasteiger partial charge in [0.25, 0.3) is 6.71 Å². The fourth-order valence-electron chi connectivity index (χ4n) is 16.7. The van der Waals surface area contributed by atoms with Crippen molar-refractivity contribution in [2.24, 2.45) is 0 Å². The average molecular weight is 1350 g/mol. The van der Waals surface area contributed by atoms with Gasteiger partial charge in [0.05, 0.1) is 22.4 Å². The number of benzene rings is 13. The van der Waals surface area contributed by atoms with Gasteiger partial charge in [-0.15, -0.1) is 0 Å². The molecule has 16 rings (SSSR count). The van der Waals surface area contributed by atoms with Crippen LogP contribution in [0.5, 0.6) is 0 Å². The normalized spacial score (nSPS) is 13.1. The molecule has 4 heteroatoms. The van der Waals surface area contributed by atoms with Crippen LogP contribution in [0.4, 0.5) is 34.1 Å². The van der Waals surface area contributed by atoms with E-state index in [1.165, 1.54) is 88.3 Å². The first kappa shape index (κ1) is 67.8. The number of hydrogen-bond acceptors (Lipinski definition) is 2. The van der Waals surface area contributed by atoms with Gasteiger partial charge in [-0.2, -0.15) is 0 Å². The quantitative estimate of drug-likeness (QED) is 0.120. The van der Waals surface area contributed by atoms with Crippen LogP contribution >= 0.6 is 0 Å². The molecule has 2 aliphatic rings. The van der Waals surface area contributed by atoms with Gasteiger partial charge in [-0.1, -0.05) is 335 Å². The van der Waals surface area contributed by atoms with Crippen LogP contribution in [-0.4, -0.2) is 11.3 Å². The van der Waals surface area contributed by atoms with Gasteiger partial charge in [-0.3, -0.25) is 0 Å². The van der Waals surface area contributed by atoms with Crippen molar-refractivity contribution in [3.63, 3.8) is 0 Å². The predicted molar refractivity (Wildman–Crippen MR) is 450 cm³/mol. The Kier molecular flexibility index (Phi) is 16.7. The molecule has 3 nitrogen and oxygen atoms in total. The highest BCUT2D eigenvalue weighted by molar-refractivity contribution is 7.00. The summed E-state index contributed by atoms with van der Waals surface area (Å²) in [6, 6.07) is 108. The molecule has 0 bridgehead atoms. The van der Waals surface area contributed by atoms with E-state index in [1.807, 2.05) is 0 Å². The molecular formula is C100H96BN3. The predicted octanol–water partition coefficient (Wildman–Crippen LogP) is 26.3. The fourth-order valence-corrected chi connectivity index (χ4v) is 16.7. The minimum atomic E-state index is -0.238. The highest BCUT2D eigenvalue weighted by Crippen LogP contribution is 2.55. The van der Waals surface area contributed by atoms with Crippen LogP contribution in [0, 0.1) is 0 Å². The summed E-state index contributed by atoms with van der Waals surface area (Å²) in [5, 5.41) is 2.53. The minimum absolute atomic E-state index is 0.0545. The largest absolute Gasteiger partial charge is 0.310 e. The highest BCUT2D eigenvalue weighted by Gasteiger charge is 2.46. The Morgan fingerprint density at radius 3 is 1.12 bits per heavy atom.